The molecule has 7 heteroatoms. The lowest BCUT2D eigenvalue weighted by Gasteiger charge is -2.07. The maximum atomic E-state index is 12.2. The molecule has 3 aromatic rings. The second kappa shape index (κ2) is 5.50. The summed E-state index contributed by atoms with van der Waals surface area (Å²) >= 11 is 5.97. The van der Waals surface area contributed by atoms with Gasteiger partial charge in [0.1, 0.15) is 0 Å². The van der Waals surface area contributed by atoms with Crippen LogP contribution in [0.4, 0.5) is 5.69 Å². The summed E-state index contributed by atoms with van der Waals surface area (Å²) in [6.07, 6.45) is 0. The van der Waals surface area contributed by atoms with Crippen molar-refractivity contribution < 1.29 is 4.79 Å². The number of rotatable bonds is 2. The fourth-order valence-corrected chi connectivity index (χ4v) is 2.32. The quantitative estimate of drug-likeness (QED) is 0.676. The van der Waals surface area contributed by atoms with Crippen molar-refractivity contribution in [3.05, 3.63) is 73.8 Å². The van der Waals surface area contributed by atoms with Crippen molar-refractivity contribution in [2.45, 2.75) is 0 Å². The molecule has 0 saturated heterocycles. The van der Waals surface area contributed by atoms with E-state index in [1.807, 2.05) is 0 Å². The second-order valence-corrected chi connectivity index (χ2v) is 5.01. The largest absolute Gasteiger partial charge is 0.322 e. The van der Waals surface area contributed by atoms with E-state index in [0.717, 1.165) is 0 Å². The van der Waals surface area contributed by atoms with Crippen LogP contribution < -0.4 is 16.4 Å². The predicted molar refractivity (Wildman–Crippen MR) is 84.6 cm³/mol. The lowest BCUT2D eigenvalue weighted by atomic mass is 10.1. The van der Waals surface area contributed by atoms with E-state index in [0.29, 0.717) is 16.3 Å². The first-order valence-electron chi connectivity index (χ1n) is 6.37. The molecule has 1 aromatic heterocycles. The fraction of sp³-hybridized carbons (Fsp3) is 0. The molecule has 0 bridgehead atoms. The van der Waals surface area contributed by atoms with E-state index < -0.39 is 17.0 Å². The average Bonchev–Trinajstić information content (AvgIpc) is 2.51. The molecular formula is C15H10ClN3O3. The third kappa shape index (κ3) is 2.51. The number of benzene rings is 2. The normalized spacial score (nSPS) is 10.6. The minimum absolute atomic E-state index is 0.195. The Balaban J connectivity index is 2.00. The number of aromatic amines is 2. The van der Waals surface area contributed by atoms with Gasteiger partial charge in [-0.15, -0.1) is 0 Å². The van der Waals surface area contributed by atoms with Crippen molar-refractivity contribution in [3.8, 4) is 0 Å². The van der Waals surface area contributed by atoms with Crippen molar-refractivity contribution >= 4 is 34.0 Å². The zero-order valence-corrected chi connectivity index (χ0v) is 11.9. The summed E-state index contributed by atoms with van der Waals surface area (Å²) in [5, 5.41) is 7.90. The molecule has 3 N–H and O–H groups in total. The molecule has 0 radical (unpaired) electrons. The highest BCUT2D eigenvalue weighted by atomic mass is 35.5. The lowest BCUT2D eigenvalue weighted by molar-refractivity contribution is 0.102. The fourth-order valence-electron chi connectivity index (χ4n) is 2.10. The molecular weight excluding hydrogens is 306 g/mol. The van der Waals surface area contributed by atoms with Crippen molar-refractivity contribution in [2.75, 3.05) is 5.32 Å². The summed E-state index contributed by atoms with van der Waals surface area (Å²) < 4.78 is 0. The summed E-state index contributed by atoms with van der Waals surface area (Å²) in [7, 11) is 0. The molecule has 2 aromatic carbocycles. The highest BCUT2D eigenvalue weighted by molar-refractivity contribution is 6.34. The highest BCUT2D eigenvalue weighted by Gasteiger charge is 2.11. The van der Waals surface area contributed by atoms with Gasteiger partial charge in [-0.05, 0) is 30.3 Å². The zero-order valence-electron chi connectivity index (χ0n) is 11.1. The average molecular weight is 316 g/mol. The monoisotopic (exact) mass is 315 g/mol. The first-order valence-corrected chi connectivity index (χ1v) is 6.74. The molecule has 3 rings (SSSR count). The van der Waals surface area contributed by atoms with Crippen molar-refractivity contribution in [3.63, 3.8) is 0 Å². The SMILES string of the molecule is O=C(Nc1ccc2c(=O)[nH][nH]c(=O)c2c1)c1ccccc1Cl. The maximum absolute atomic E-state index is 12.2. The molecule has 0 spiro atoms. The van der Waals surface area contributed by atoms with Crippen LogP contribution in [0.15, 0.2) is 52.1 Å². The van der Waals surface area contributed by atoms with Crippen molar-refractivity contribution in [2.24, 2.45) is 0 Å². The van der Waals surface area contributed by atoms with E-state index in [4.69, 9.17) is 11.6 Å². The molecule has 0 aliphatic carbocycles. The van der Waals surface area contributed by atoms with E-state index in [9.17, 15) is 14.4 Å². The Bertz CT molecular complexity index is 991. The van der Waals surface area contributed by atoms with Crippen LogP contribution in [0.1, 0.15) is 10.4 Å². The van der Waals surface area contributed by atoms with Crippen LogP contribution in [0.5, 0.6) is 0 Å². The van der Waals surface area contributed by atoms with E-state index in [1.165, 1.54) is 12.1 Å². The molecule has 0 saturated carbocycles. The van der Waals surface area contributed by atoms with Crippen LogP contribution in [0, 0.1) is 0 Å². The number of hydrogen-bond acceptors (Lipinski definition) is 3. The van der Waals surface area contributed by atoms with Gasteiger partial charge < -0.3 is 5.32 Å². The first-order chi connectivity index (χ1) is 10.6. The Hall–Kier alpha value is -2.86. The molecule has 6 nitrogen and oxygen atoms in total. The van der Waals surface area contributed by atoms with Crippen LogP contribution in [0.25, 0.3) is 10.8 Å². The molecule has 1 heterocycles. The summed E-state index contributed by atoms with van der Waals surface area (Å²) in [6.45, 7) is 0. The molecule has 0 aliphatic heterocycles. The van der Waals surface area contributed by atoms with Gasteiger partial charge in [-0.1, -0.05) is 23.7 Å². The summed E-state index contributed by atoms with van der Waals surface area (Å²) in [6, 6.07) is 11.1. The van der Waals surface area contributed by atoms with Gasteiger partial charge in [0.05, 0.1) is 21.4 Å². The molecule has 110 valence electrons. The van der Waals surface area contributed by atoms with Gasteiger partial charge in [-0.3, -0.25) is 24.6 Å². The van der Waals surface area contributed by atoms with Gasteiger partial charge in [0.15, 0.2) is 0 Å². The maximum Gasteiger partial charge on any atom is 0.270 e. The van der Waals surface area contributed by atoms with E-state index in [1.54, 1.807) is 30.3 Å². The Labute approximate surface area is 128 Å². The molecule has 0 atom stereocenters. The Kier molecular flexibility index (Phi) is 3.52. The summed E-state index contributed by atoms with van der Waals surface area (Å²) in [5.74, 6) is -0.397. The van der Waals surface area contributed by atoms with Crippen LogP contribution in [0.2, 0.25) is 5.02 Å². The van der Waals surface area contributed by atoms with E-state index in [2.05, 4.69) is 15.5 Å². The molecule has 0 aliphatic rings. The first kappa shape index (κ1) is 14.1. The smallest absolute Gasteiger partial charge is 0.270 e. The minimum Gasteiger partial charge on any atom is -0.322 e. The number of aromatic nitrogens is 2. The summed E-state index contributed by atoms with van der Waals surface area (Å²) in [5.41, 5.74) is -0.125. The molecule has 1 amide bonds. The second-order valence-electron chi connectivity index (χ2n) is 4.60. The third-order valence-corrected chi connectivity index (χ3v) is 3.50. The van der Waals surface area contributed by atoms with Crippen LogP contribution in [0.3, 0.4) is 0 Å². The van der Waals surface area contributed by atoms with Gasteiger partial charge >= 0.3 is 0 Å². The van der Waals surface area contributed by atoms with Crippen molar-refractivity contribution in [1.29, 1.82) is 0 Å². The number of fused-ring (bicyclic) bond motifs is 1. The van der Waals surface area contributed by atoms with Crippen molar-refractivity contribution in [1.82, 2.24) is 10.2 Å². The Morgan fingerprint density at radius 1 is 0.955 bits per heavy atom. The molecule has 22 heavy (non-hydrogen) atoms. The van der Waals surface area contributed by atoms with Gasteiger partial charge in [-0.25, -0.2) is 0 Å². The Morgan fingerprint density at radius 2 is 1.64 bits per heavy atom. The zero-order chi connectivity index (χ0) is 15.7. The molecule has 0 fully saturated rings. The standard InChI is InChI=1S/C15H10ClN3O3/c16-12-4-2-1-3-10(12)13(20)17-8-5-6-9-11(7-8)15(22)19-18-14(9)21/h1-7H,(H,17,20)(H,18,21)(H,19,22). The number of carbonyl (C=O) groups is 1. The number of anilines is 1. The topological polar surface area (TPSA) is 94.8 Å². The predicted octanol–water partition coefficient (Wildman–Crippen LogP) is 2.12. The van der Waals surface area contributed by atoms with Crippen LogP contribution in [-0.4, -0.2) is 16.1 Å². The number of hydrogen-bond donors (Lipinski definition) is 3. The number of halogens is 1. The number of H-pyrrole nitrogens is 2. The highest BCUT2D eigenvalue weighted by Crippen LogP contribution is 2.18. The lowest BCUT2D eigenvalue weighted by Crippen LogP contribution is -2.19. The van der Waals surface area contributed by atoms with Gasteiger partial charge in [-0.2, -0.15) is 0 Å². The van der Waals surface area contributed by atoms with Gasteiger partial charge in [0, 0.05) is 5.69 Å². The van der Waals surface area contributed by atoms with Gasteiger partial charge in [0.25, 0.3) is 17.0 Å². The summed E-state index contributed by atoms with van der Waals surface area (Å²) in [4.78, 5) is 35.5. The third-order valence-electron chi connectivity index (χ3n) is 3.17. The van der Waals surface area contributed by atoms with Crippen LogP contribution >= 0.6 is 11.6 Å². The van der Waals surface area contributed by atoms with E-state index in [-0.39, 0.29) is 10.8 Å². The molecule has 0 unspecified atom stereocenters. The minimum atomic E-state index is -0.441. The number of carbonyl (C=O) groups excluding carboxylic acids is 1. The number of amides is 1. The van der Waals surface area contributed by atoms with E-state index >= 15 is 0 Å². The van der Waals surface area contributed by atoms with Crippen LogP contribution in [-0.2, 0) is 0 Å². The number of nitrogens with one attached hydrogen (secondary N) is 3. The Morgan fingerprint density at radius 3 is 2.36 bits per heavy atom. The van der Waals surface area contributed by atoms with Gasteiger partial charge in [0.2, 0.25) is 0 Å².